The number of nitrogen functional groups attached to an aromatic ring is 1. The van der Waals surface area contributed by atoms with E-state index in [0.29, 0.717) is 17.7 Å². The van der Waals surface area contributed by atoms with Crippen molar-refractivity contribution in [3.8, 4) is 6.07 Å². The van der Waals surface area contributed by atoms with Crippen molar-refractivity contribution < 1.29 is 8.42 Å². The molecule has 1 aromatic carbocycles. The fraction of sp³-hybridized carbons (Fsp3) is 0.250. The molecule has 0 radical (unpaired) electrons. The summed E-state index contributed by atoms with van der Waals surface area (Å²) in [6.45, 7) is 0. The number of allylic oxidation sites excluding steroid dienone is 2. The minimum absolute atomic E-state index is 0.155. The Bertz CT molecular complexity index is 641. The number of benzene rings is 1. The predicted octanol–water partition coefficient (Wildman–Crippen LogP) is 1.39. The molecule has 2 N–H and O–H groups in total. The maximum absolute atomic E-state index is 11.5. The smallest absolute Gasteiger partial charge is 0.175 e. The Balaban J connectivity index is 2.62. The molecule has 0 fully saturated rings. The van der Waals surface area contributed by atoms with E-state index >= 15 is 0 Å². The average molecular weight is 248 g/mol. The van der Waals surface area contributed by atoms with Crippen LogP contribution in [-0.2, 0) is 15.3 Å². The van der Waals surface area contributed by atoms with Crippen LogP contribution in [0.5, 0.6) is 0 Å². The molecule has 1 unspecified atom stereocenters. The van der Waals surface area contributed by atoms with Gasteiger partial charge in [0, 0.05) is 11.9 Å². The van der Waals surface area contributed by atoms with E-state index in [-0.39, 0.29) is 4.90 Å². The fourth-order valence-electron chi connectivity index (χ4n) is 1.81. The highest BCUT2D eigenvalue weighted by Crippen LogP contribution is 2.38. The lowest BCUT2D eigenvalue weighted by Crippen LogP contribution is -2.26. The summed E-state index contributed by atoms with van der Waals surface area (Å²) in [6, 6.07) is 6.79. The maximum Gasteiger partial charge on any atom is 0.175 e. The summed E-state index contributed by atoms with van der Waals surface area (Å²) < 4.78 is 23.0. The molecule has 4 nitrogen and oxygen atoms in total. The molecule has 0 amide bonds. The van der Waals surface area contributed by atoms with E-state index in [1.54, 1.807) is 12.1 Å². The molecule has 0 heterocycles. The summed E-state index contributed by atoms with van der Waals surface area (Å²) in [4.78, 5) is 0.155. The number of sulfone groups is 1. The standard InChI is InChI=1S/C12H12N2O2S/c1-17(15,16)11-6-9(5-10(14)7-11)12(8-13)3-2-4-12/h2-3,5-7H,4,14H2,1H3. The molecule has 0 spiro atoms. The summed E-state index contributed by atoms with van der Waals surface area (Å²) in [7, 11) is -3.31. The Morgan fingerprint density at radius 1 is 1.41 bits per heavy atom. The lowest BCUT2D eigenvalue weighted by molar-refractivity contribution is 0.600. The number of hydrogen-bond acceptors (Lipinski definition) is 4. The zero-order valence-electron chi connectivity index (χ0n) is 9.34. The SMILES string of the molecule is CS(=O)(=O)c1cc(N)cc(C2(C#N)C=CC2)c1. The van der Waals surface area contributed by atoms with Crippen molar-refractivity contribution in [2.24, 2.45) is 0 Å². The number of nitrogens with two attached hydrogens (primary N) is 1. The Morgan fingerprint density at radius 3 is 2.47 bits per heavy atom. The van der Waals surface area contributed by atoms with Gasteiger partial charge in [-0.2, -0.15) is 5.26 Å². The lowest BCUT2D eigenvalue weighted by atomic mass is 9.72. The number of nitriles is 1. The van der Waals surface area contributed by atoms with Gasteiger partial charge in [0.2, 0.25) is 0 Å². The zero-order chi connectivity index (χ0) is 12.7. The Morgan fingerprint density at radius 2 is 2.06 bits per heavy atom. The lowest BCUT2D eigenvalue weighted by Gasteiger charge is -2.29. The van der Waals surface area contributed by atoms with Crippen molar-refractivity contribution in [2.45, 2.75) is 16.7 Å². The van der Waals surface area contributed by atoms with Crippen LogP contribution in [0.4, 0.5) is 5.69 Å². The minimum atomic E-state index is -3.31. The molecule has 0 saturated heterocycles. The Kier molecular flexibility index (Phi) is 2.48. The van der Waals surface area contributed by atoms with E-state index in [1.165, 1.54) is 12.1 Å². The topological polar surface area (TPSA) is 83.9 Å². The van der Waals surface area contributed by atoms with Crippen LogP contribution in [0.15, 0.2) is 35.2 Å². The highest BCUT2D eigenvalue weighted by Gasteiger charge is 2.34. The van der Waals surface area contributed by atoms with E-state index in [4.69, 9.17) is 5.73 Å². The molecule has 0 bridgehead atoms. The maximum atomic E-state index is 11.5. The van der Waals surface area contributed by atoms with Crippen LogP contribution in [0, 0.1) is 11.3 Å². The molecule has 88 valence electrons. The van der Waals surface area contributed by atoms with Crippen LogP contribution in [0.2, 0.25) is 0 Å². The number of rotatable bonds is 2. The van der Waals surface area contributed by atoms with E-state index in [9.17, 15) is 13.7 Å². The largest absolute Gasteiger partial charge is 0.399 e. The van der Waals surface area contributed by atoms with E-state index in [0.717, 1.165) is 6.26 Å². The molecule has 0 aromatic heterocycles. The van der Waals surface area contributed by atoms with Gasteiger partial charge in [0.1, 0.15) is 5.41 Å². The predicted molar refractivity (Wildman–Crippen MR) is 65.0 cm³/mol. The van der Waals surface area contributed by atoms with Crippen LogP contribution < -0.4 is 5.73 Å². The second kappa shape index (κ2) is 3.60. The van der Waals surface area contributed by atoms with Gasteiger partial charge in [-0.3, -0.25) is 0 Å². The average Bonchev–Trinajstić information content (AvgIpc) is 2.14. The summed E-state index contributed by atoms with van der Waals surface area (Å²) in [6.07, 6.45) is 5.37. The zero-order valence-corrected chi connectivity index (χ0v) is 10.2. The monoisotopic (exact) mass is 248 g/mol. The molecule has 1 aliphatic rings. The van der Waals surface area contributed by atoms with Crippen molar-refractivity contribution >= 4 is 15.5 Å². The van der Waals surface area contributed by atoms with Gasteiger partial charge < -0.3 is 5.73 Å². The van der Waals surface area contributed by atoms with Gasteiger partial charge >= 0.3 is 0 Å². The molecule has 0 aliphatic heterocycles. The second-order valence-corrected chi connectivity index (χ2v) is 6.27. The van der Waals surface area contributed by atoms with E-state index in [2.05, 4.69) is 6.07 Å². The van der Waals surface area contributed by atoms with E-state index in [1.807, 2.05) is 6.08 Å². The third-order valence-corrected chi connectivity index (χ3v) is 4.01. The molecule has 1 aromatic rings. The van der Waals surface area contributed by atoms with Gasteiger partial charge in [-0.05, 0) is 30.2 Å². The van der Waals surface area contributed by atoms with Crippen molar-refractivity contribution in [1.82, 2.24) is 0 Å². The Labute approximate surface area is 100 Å². The number of nitrogens with zero attached hydrogens (tertiary/aromatic N) is 1. The minimum Gasteiger partial charge on any atom is -0.399 e. The van der Waals surface area contributed by atoms with Gasteiger partial charge in [0.05, 0.1) is 11.0 Å². The van der Waals surface area contributed by atoms with Gasteiger partial charge in [-0.15, -0.1) is 0 Å². The van der Waals surface area contributed by atoms with Crippen molar-refractivity contribution in [1.29, 1.82) is 5.26 Å². The quantitative estimate of drug-likeness (QED) is 0.633. The van der Waals surface area contributed by atoms with Crippen LogP contribution in [-0.4, -0.2) is 14.7 Å². The number of anilines is 1. The molecule has 1 aliphatic carbocycles. The molecular formula is C12H12N2O2S. The van der Waals surface area contributed by atoms with Crippen LogP contribution in [0.1, 0.15) is 12.0 Å². The molecule has 5 heteroatoms. The first kappa shape index (κ1) is 11.7. The Hall–Kier alpha value is -1.80. The first-order chi connectivity index (χ1) is 7.87. The summed E-state index contributed by atoms with van der Waals surface area (Å²) in [5.74, 6) is 0. The third-order valence-electron chi connectivity index (χ3n) is 2.91. The van der Waals surface area contributed by atoms with Crippen molar-refractivity contribution in [3.63, 3.8) is 0 Å². The van der Waals surface area contributed by atoms with Gasteiger partial charge in [-0.25, -0.2) is 8.42 Å². The van der Waals surface area contributed by atoms with Crippen LogP contribution >= 0.6 is 0 Å². The van der Waals surface area contributed by atoms with Crippen molar-refractivity contribution in [3.05, 3.63) is 35.9 Å². The molecule has 0 saturated carbocycles. The fourth-order valence-corrected chi connectivity index (χ4v) is 2.50. The first-order valence-electron chi connectivity index (χ1n) is 5.07. The molecule has 17 heavy (non-hydrogen) atoms. The molecule has 2 rings (SSSR count). The van der Waals surface area contributed by atoms with Gasteiger partial charge in [-0.1, -0.05) is 12.2 Å². The highest BCUT2D eigenvalue weighted by molar-refractivity contribution is 7.90. The summed E-state index contributed by atoms with van der Waals surface area (Å²) >= 11 is 0. The molecular weight excluding hydrogens is 236 g/mol. The molecule has 1 atom stereocenters. The third kappa shape index (κ3) is 1.92. The first-order valence-corrected chi connectivity index (χ1v) is 6.97. The normalized spacial score (nSPS) is 22.8. The van der Waals surface area contributed by atoms with Gasteiger partial charge in [0.15, 0.2) is 9.84 Å². The number of hydrogen-bond donors (Lipinski definition) is 1. The van der Waals surface area contributed by atoms with Crippen molar-refractivity contribution in [2.75, 3.05) is 12.0 Å². The van der Waals surface area contributed by atoms with Crippen LogP contribution in [0.3, 0.4) is 0 Å². The summed E-state index contributed by atoms with van der Waals surface area (Å²) in [5.41, 5.74) is 5.98. The summed E-state index contributed by atoms with van der Waals surface area (Å²) in [5, 5.41) is 9.18. The highest BCUT2D eigenvalue weighted by atomic mass is 32.2. The van der Waals surface area contributed by atoms with E-state index < -0.39 is 15.3 Å². The van der Waals surface area contributed by atoms with Gasteiger partial charge in [0.25, 0.3) is 0 Å². The van der Waals surface area contributed by atoms with Crippen LogP contribution in [0.25, 0.3) is 0 Å². The second-order valence-electron chi connectivity index (χ2n) is 4.25.